The molecule has 0 heterocycles. The van der Waals surface area contributed by atoms with E-state index in [2.05, 4.69) is 4.72 Å². The first-order valence-corrected chi connectivity index (χ1v) is 8.34. The van der Waals surface area contributed by atoms with Crippen molar-refractivity contribution in [2.75, 3.05) is 6.54 Å². The fraction of sp³-hybridized carbons (Fsp3) is 0.500. The van der Waals surface area contributed by atoms with Gasteiger partial charge in [-0.2, -0.15) is 0 Å². The van der Waals surface area contributed by atoms with Crippen LogP contribution in [0.2, 0.25) is 10.0 Å². The number of hydrogen-bond donors (Lipinski definition) is 2. The quantitative estimate of drug-likeness (QED) is 0.809. The molecule has 0 aliphatic heterocycles. The molecule has 0 aromatic heterocycles. The van der Waals surface area contributed by atoms with E-state index in [1.807, 2.05) is 6.92 Å². The largest absolute Gasteiger partial charge is 0.393 e. The van der Waals surface area contributed by atoms with Gasteiger partial charge in [-0.05, 0) is 30.5 Å². The van der Waals surface area contributed by atoms with E-state index in [9.17, 15) is 13.5 Å². The van der Waals surface area contributed by atoms with Crippen LogP contribution in [0.3, 0.4) is 0 Å². The molecule has 7 heteroatoms. The van der Waals surface area contributed by atoms with Crippen LogP contribution < -0.4 is 4.72 Å². The Morgan fingerprint density at radius 1 is 1.37 bits per heavy atom. The third-order valence-electron chi connectivity index (χ3n) is 2.63. The zero-order valence-electron chi connectivity index (χ0n) is 10.6. The molecule has 19 heavy (non-hydrogen) atoms. The number of aliphatic hydroxyl groups is 1. The van der Waals surface area contributed by atoms with E-state index < -0.39 is 16.1 Å². The number of hydrogen-bond acceptors (Lipinski definition) is 3. The topological polar surface area (TPSA) is 66.4 Å². The first-order valence-electron chi connectivity index (χ1n) is 5.93. The second kappa shape index (κ2) is 7.45. The molecule has 4 nitrogen and oxygen atoms in total. The fourth-order valence-corrected chi connectivity index (χ4v) is 3.23. The standard InChI is InChI=1S/C12H17Cl2NO3S/c1-2-11(16)5-6-15-19(17,18)8-9-3-4-10(13)7-12(9)14/h3-4,7,11,15-16H,2,5-6,8H2,1H3/t11-/m0/s1. The Morgan fingerprint density at radius 2 is 2.05 bits per heavy atom. The third kappa shape index (κ3) is 6.10. The molecule has 0 unspecified atom stereocenters. The van der Waals surface area contributed by atoms with E-state index in [1.165, 1.54) is 6.07 Å². The third-order valence-corrected chi connectivity index (χ3v) is 4.55. The summed E-state index contributed by atoms with van der Waals surface area (Å²) in [7, 11) is -3.46. The normalized spacial score (nSPS) is 13.5. The van der Waals surface area contributed by atoms with E-state index in [1.54, 1.807) is 12.1 Å². The molecule has 0 amide bonds. The molecule has 108 valence electrons. The summed E-state index contributed by atoms with van der Waals surface area (Å²) in [6, 6.07) is 4.69. The van der Waals surface area contributed by atoms with Crippen molar-refractivity contribution in [3.05, 3.63) is 33.8 Å². The van der Waals surface area contributed by atoms with E-state index >= 15 is 0 Å². The van der Waals surface area contributed by atoms with Gasteiger partial charge in [0.2, 0.25) is 10.0 Å². The SMILES string of the molecule is CC[C@H](O)CCNS(=O)(=O)Cc1ccc(Cl)cc1Cl. The van der Waals surface area contributed by atoms with Crippen molar-refractivity contribution in [1.29, 1.82) is 0 Å². The molecule has 0 fully saturated rings. The lowest BCUT2D eigenvalue weighted by Crippen LogP contribution is -2.28. The fourth-order valence-electron chi connectivity index (χ4n) is 1.48. The molecule has 1 rings (SSSR count). The predicted molar refractivity (Wildman–Crippen MR) is 78.0 cm³/mol. The maximum absolute atomic E-state index is 11.8. The summed E-state index contributed by atoms with van der Waals surface area (Å²) in [5, 5.41) is 10.1. The predicted octanol–water partition coefficient (Wildman–Crippen LogP) is 2.57. The smallest absolute Gasteiger partial charge is 0.215 e. The van der Waals surface area contributed by atoms with Gasteiger partial charge in [0.1, 0.15) is 0 Å². The van der Waals surface area contributed by atoms with Crippen LogP contribution in [0.25, 0.3) is 0 Å². The van der Waals surface area contributed by atoms with Gasteiger partial charge >= 0.3 is 0 Å². The van der Waals surface area contributed by atoms with Crippen molar-refractivity contribution in [3.8, 4) is 0 Å². The van der Waals surface area contributed by atoms with Crippen LogP contribution in [0.15, 0.2) is 18.2 Å². The maximum Gasteiger partial charge on any atom is 0.215 e. The van der Waals surface area contributed by atoms with Crippen molar-refractivity contribution in [2.24, 2.45) is 0 Å². The Bertz CT molecular complexity index is 520. The van der Waals surface area contributed by atoms with Crippen molar-refractivity contribution < 1.29 is 13.5 Å². The molecule has 0 spiro atoms. The Hall–Kier alpha value is -0.330. The molecule has 0 aliphatic carbocycles. The lowest BCUT2D eigenvalue weighted by Gasteiger charge is -2.10. The summed E-state index contributed by atoms with van der Waals surface area (Å²) < 4.78 is 26.1. The highest BCUT2D eigenvalue weighted by atomic mass is 35.5. The first-order chi connectivity index (χ1) is 8.84. The monoisotopic (exact) mass is 325 g/mol. The van der Waals surface area contributed by atoms with Crippen LogP contribution in [0.5, 0.6) is 0 Å². The number of halogens is 2. The maximum atomic E-state index is 11.8. The van der Waals surface area contributed by atoms with Gasteiger partial charge in [0.15, 0.2) is 0 Å². The minimum Gasteiger partial charge on any atom is -0.393 e. The summed E-state index contributed by atoms with van der Waals surface area (Å²) in [6.07, 6.45) is 0.510. The number of aliphatic hydroxyl groups excluding tert-OH is 1. The van der Waals surface area contributed by atoms with Gasteiger partial charge in [0.05, 0.1) is 11.9 Å². The molecular formula is C12H17Cl2NO3S. The van der Waals surface area contributed by atoms with Crippen molar-refractivity contribution in [3.63, 3.8) is 0 Å². The van der Waals surface area contributed by atoms with E-state index in [-0.39, 0.29) is 12.3 Å². The van der Waals surface area contributed by atoms with Crippen LogP contribution in [-0.4, -0.2) is 26.2 Å². The van der Waals surface area contributed by atoms with Crippen molar-refractivity contribution in [1.82, 2.24) is 4.72 Å². The first kappa shape index (κ1) is 16.7. The lowest BCUT2D eigenvalue weighted by atomic mass is 10.2. The summed E-state index contributed by atoms with van der Waals surface area (Å²) in [5.41, 5.74) is 0.495. The minimum atomic E-state index is -3.46. The number of rotatable bonds is 7. The van der Waals surface area contributed by atoms with Crippen molar-refractivity contribution >= 4 is 33.2 Å². The molecule has 2 N–H and O–H groups in total. The zero-order valence-corrected chi connectivity index (χ0v) is 12.9. The summed E-state index contributed by atoms with van der Waals surface area (Å²) in [5.74, 6) is -0.203. The highest BCUT2D eigenvalue weighted by Gasteiger charge is 2.14. The molecule has 0 radical (unpaired) electrons. The van der Waals surface area contributed by atoms with Gasteiger partial charge in [-0.15, -0.1) is 0 Å². The highest BCUT2D eigenvalue weighted by molar-refractivity contribution is 7.88. The number of nitrogens with one attached hydrogen (secondary N) is 1. The van der Waals surface area contributed by atoms with Gasteiger partial charge in [-0.25, -0.2) is 13.1 Å². The lowest BCUT2D eigenvalue weighted by molar-refractivity contribution is 0.162. The molecule has 1 aromatic rings. The summed E-state index contributed by atoms with van der Waals surface area (Å²) >= 11 is 11.7. The van der Waals surface area contributed by atoms with Gasteiger partial charge in [0, 0.05) is 16.6 Å². The second-order valence-electron chi connectivity index (χ2n) is 4.24. The Balaban J connectivity index is 2.59. The van der Waals surface area contributed by atoms with Gasteiger partial charge in [0.25, 0.3) is 0 Å². The molecule has 0 saturated carbocycles. The van der Waals surface area contributed by atoms with E-state index in [0.717, 1.165) is 0 Å². The second-order valence-corrected chi connectivity index (χ2v) is 6.89. The Kier molecular flexibility index (Phi) is 6.56. The molecule has 0 saturated heterocycles. The molecule has 1 aromatic carbocycles. The molecule has 0 aliphatic rings. The Morgan fingerprint density at radius 3 is 2.63 bits per heavy atom. The minimum absolute atomic E-state index is 0.203. The van der Waals surface area contributed by atoms with Gasteiger partial charge in [-0.3, -0.25) is 0 Å². The summed E-state index contributed by atoms with van der Waals surface area (Å²) in [6.45, 7) is 2.05. The van der Waals surface area contributed by atoms with Crippen LogP contribution >= 0.6 is 23.2 Å². The number of sulfonamides is 1. The average molecular weight is 326 g/mol. The average Bonchev–Trinajstić information content (AvgIpc) is 2.32. The molecular weight excluding hydrogens is 309 g/mol. The van der Waals surface area contributed by atoms with Gasteiger partial charge in [-0.1, -0.05) is 36.2 Å². The van der Waals surface area contributed by atoms with Crippen molar-refractivity contribution in [2.45, 2.75) is 31.6 Å². The Labute approximate surface area is 123 Å². The van der Waals surface area contributed by atoms with Gasteiger partial charge < -0.3 is 5.11 Å². The van der Waals surface area contributed by atoms with E-state index in [4.69, 9.17) is 23.2 Å². The molecule has 1 atom stereocenters. The van der Waals surface area contributed by atoms with E-state index in [0.29, 0.717) is 28.5 Å². The number of benzene rings is 1. The van der Waals surface area contributed by atoms with Crippen LogP contribution in [0.4, 0.5) is 0 Å². The van der Waals surface area contributed by atoms with Crippen LogP contribution in [0, 0.1) is 0 Å². The van der Waals surface area contributed by atoms with Crippen LogP contribution in [-0.2, 0) is 15.8 Å². The van der Waals surface area contributed by atoms with Crippen LogP contribution in [0.1, 0.15) is 25.3 Å². The summed E-state index contributed by atoms with van der Waals surface area (Å²) in [4.78, 5) is 0. The zero-order chi connectivity index (χ0) is 14.5. The molecule has 0 bridgehead atoms. The highest BCUT2D eigenvalue weighted by Crippen LogP contribution is 2.22.